The standard InChI is InChI=1S/C17H23FO4/c1-3-7-13(8-4-2)21-16(19)11-12-17(20)22-15-10-6-5-9-14(15)18/h5-6,9-10,13H,3-4,7-8,11-12H2,1-2H3. The first-order valence-corrected chi connectivity index (χ1v) is 7.71. The molecule has 5 heteroatoms. The molecule has 0 fully saturated rings. The molecule has 0 aliphatic carbocycles. The molecular formula is C17H23FO4. The fourth-order valence-corrected chi connectivity index (χ4v) is 2.06. The van der Waals surface area contributed by atoms with Gasteiger partial charge in [0.15, 0.2) is 11.6 Å². The third-order valence-corrected chi connectivity index (χ3v) is 3.11. The fourth-order valence-electron chi connectivity index (χ4n) is 2.06. The zero-order valence-electron chi connectivity index (χ0n) is 13.1. The van der Waals surface area contributed by atoms with Crippen molar-refractivity contribution in [2.24, 2.45) is 0 Å². The van der Waals surface area contributed by atoms with Crippen molar-refractivity contribution in [1.82, 2.24) is 0 Å². The second-order valence-electron chi connectivity index (χ2n) is 5.09. The summed E-state index contributed by atoms with van der Waals surface area (Å²) >= 11 is 0. The number of carbonyl (C=O) groups excluding carboxylic acids is 2. The Bertz CT molecular complexity index is 481. The highest BCUT2D eigenvalue weighted by Gasteiger charge is 2.16. The second-order valence-corrected chi connectivity index (χ2v) is 5.09. The van der Waals surface area contributed by atoms with Crippen molar-refractivity contribution < 1.29 is 23.5 Å². The maximum Gasteiger partial charge on any atom is 0.311 e. The van der Waals surface area contributed by atoms with E-state index in [2.05, 4.69) is 0 Å². The van der Waals surface area contributed by atoms with Gasteiger partial charge in [0.1, 0.15) is 6.10 Å². The molecule has 0 amide bonds. The van der Waals surface area contributed by atoms with E-state index in [9.17, 15) is 14.0 Å². The Kier molecular flexibility index (Phi) is 8.18. The Morgan fingerprint density at radius 2 is 1.64 bits per heavy atom. The summed E-state index contributed by atoms with van der Waals surface area (Å²) in [5.41, 5.74) is 0. The van der Waals surface area contributed by atoms with Crippen LogP contribution in [0.3, 0.4) is 0 Å². The lowest BCUT2D eigenvalue weighted by Crippen LogP contribution is -2.19. The van der Waals surface area contributed by atoms with Gasteiger partial charge in [-0.3, -0.25) is 9.59 Å². The average Bonchev–Trinajstić information content (AvgIpc) is 2.48. The first kappa shape index (κ1) is 18.1. The number of para-hydroxylation sites is 1. The van der Waals surface area contributed by atoms with Crippen LogP contribution in [0.25, 0.3) is 0 Å². The van der Waals surface area contributed by atoms with Gasteiger partial charge < -0.3 is 9.47 Å². The average molecular weight is 310 g/mol. The molecule has 0 saturated heterocycles. The lowest BCUT2D eigenvalue weighted by atomic mass is 10.1. The third-order valence-electron chi connectivity index (χ3n) is 3.11. The lowest BCUT2D eigenvalue weighted by molar-refractivity contribution is -0.152. The molecule has 0 N–H and O–H groups in total. The van der Waals surface area contributed by atoms with Gasteiger partial charge in [0.2, 0.25) is 0 Å². The van der Waals surface area contributed by atoms with Gasteiger partial charge in [0.25, 0.3) is 0 Å². The van der Waals surface area contributed by atoms with Crippen molar-refractivity contribution in [2.75, 3.05) is 0 Å². The van der Waals surface area contributed by atoms with Gasteiger partial charge in [0, 0.05) is 0 Å². The molecule has 0 spiro atoms. The van der Waals surface area contributed by atoms with E-state index in [1.807, 2.05) is 13.8 Å². The van der Waals surface area contributed by atoms with Crippen LogP contribution >= 0.6 is 0 Å². The fraction of sp³-hybridized carbons (Fsp3) is 0.529. The minimum Gasteiger partial charge on any atom is -0.462 e. The van der Waals surface area contributed by atoms with Crippen LogP contribution in [0.1, 0.15) is 52.4 Å². The van der Waals surface area contributed by atoms with Crippen LogP contribution in [-0.2, 0) is 14.3 Å². The minimum atomic E-state index is -0.649. The molecule has 0 radical (unpaired) electrons. The molecule has 0 atom stereocenters. The Labute approximate surface area is 130 Å². The lowest BCUT2D eigenvalue weighted by Gasteiger charge is -2.16. The number of ether oxygens (including phenoxy) is 2. The first-order chi connectivity index (χ1) is 10.6. The van der Waals surface area contributed by atoms with Gasteiger partial charge >= 0.3 is 11.9 Å². The highest BCUT2D eigenvalue weighted by molar-refractivity contribution is 5.79. The zero-order chi connectivity index (χ0) is 16.4. The number of rotatable bonds is 9. The summed E-state index contributed by atoms with van der Waals surface area (Å²) in [5.74, 6) is -1.80. The van der Waals surface area contributed by atoms with Crippen LogP contribution in [-0.4, -0.2) is 18.0 Å². The van der Waals surface area contributed by atoms with Crippen LogP contribution in [0.2, 0.25) is 0 Å². The Morgan fingerprint density at radius 3 is 2.23 bits per heavy atom. The van der Waals surface area contributed by atoms with Gasteiger partial charge in [-0.05, 0) is 25.0 Å². The predicted molar refractivity (Wildman–Crippen MR) is 81.0 cm³/mol. The van der Waals surface area contributed by atoms with Crippen molar-refractivity contribution >= 4 is 11.9 Å². The second kappa shape index (κ2) is 9.92. The van der Waals surface area contributed by atoms with Crippen molar-refractivity contribution in [3.63, 3.8) is 0 Å². The van der Waals surface area contributed by atoms with Crippen LogP contribution in [0, 0.1) is 5.82 Å². The number of halogens is 1. The van der Waals surface area contributed by atoms with Gasteiger partial charge in [-0.1, -0.05) is 38.8 Å². The summed E-state index contributed by atoms with van der Waals surface area (Å²) in [6, 6.07) is 5.65. The van der Waals surface area contributed by atoms with Gasteiger partial charge in [-0.15, -0.1) is 0 Å². The van der Waals surface area contributed by atoms with E-state index in [0.717, 1.165) is 25.7 Å². The highest BCUT2D eigenvalue weighted by atomic mass is 19.1. The predicted octanol–water partition coefficient (Wildman–Crippen LogP) is 4.02. The van der Waals surface area contributed by atoms with E-state index in [0.29, 0.717) is 0 Å². The number of carbonyl (C=O) groups is 2. The molecule has 0 unspecified atom stereocenters. The molecule has 4 nitrogen and oxygen atoms in total. The van der Waals surface area contributed by atoms with Gasteiger partial charge in [-0.2, -0.15) is 0 Å². The van der Waals surface area contributed by atoms with Crippen LogP contribution in [0.5, 0.6) is 5.75 Å². The molecule has 122 valence electrons. The number of benzene rings is 1. The first-order valence-electron chi connectivity index (χ1n) is 7.71. The molecular weight excluding hydrogens is 287 g/mol. The molecule has 0 bridgehead atoms. The van der Waals surface area contributed by atoms with Crippen molar-refractivity contribution in [3.05, 3.63) is 30.1 Å². The van der Waals surface area contributed by atoms with E-state index < -0.39 is 17.8 Å². The molecule has 0 aromatic heterocycles. The maximum absolute atomic E-state index is 13.3. The van der Waals surface area contributed by atoms with Crippen molar-refractivity contribution in [3.8, 4) is 5.75 Å². The van der Waals surface area contributed by atoms with Gasteiger partial charge in [-0.25, -0.2) is 4.39 Å². The molecule has 0 aliphatic heterocycles. The summed E-state index contributed by atoms with van der Waals surface area (Å²) in [6.07, 6.45) is 3.24. The summed E-state index contributed by atoms with van der Waals surface area (Å²) in [6.45, 7) is 4.06. The smallest absolute Gasteiger partial charge is 0.311 e. The zero-order valence-corrected chi connectivity index (χ0v) is 13.1. The maximum atomic E-state index is 13.3. The SMILES string of the molecule is CCCC(CCC)OC(=O)CCC(=O)Oc1ccccc1F. The van der Waals surface area contributed by atoms with Crippen LogP contribution < -0.4 is 4.74 Å². The Hall–Kier alpha value is -1.91. The molecule has 1 rings (SSSR count). The quantitative estimate of drug-likeness (QED) is 0.510. The van der Waals surface area contributed by atoms with E-state index in [1.54, 1.807) is 6.07 Å². The van der Waals surface area contributed by atoms with E-state index in [-0.39, 0.29) is 24.7 Å². The Balaban J connectivity index is 2.37. The normalized spacial score (nSPS) is 10.5. The van der Waals surface area contributed by atoms with Crippen molar-refractivity contribution in [2.45, 2.75) is 58.5 Å². The molecule has 22 heavy (non-hydrogen) atoms. The number of esters is 2. The summed E-state index contributed by atoms with van der Waals surface area (Å²) in [5, 5.41) is 0. The van der Waals surface area contributed by atoms with Gasteiger partial charge in [0.05, 0.1) is 12.8 Å². The van der Waals surface area contributed by atoms with Crippen molar-refractivity contribution in [1.29, 1.82) is 0 Å². The number of hydrogen-bond acceptors (Lipinski definition) is 4. The number of hydrogen-bond donors (Lipinski definition) is 0. The summed E-state index contributed by atoms with van der Waals surface area (Å²) in [7, 11) is 0. The molecule has 1 aromatic carbocycles. The summed E-state index contributed by atoms with van der Waals surface area (Å²) in [4.78, 5) is 23.3. The van der Waals surface area contributed by atoms with E-state index >= 15 is 0 Å². The monoisotopic (exact) mass is 310 g/mol. The largest absolute Gasteiger partial charge is 0.462 e. The topological polar surface area (TPSA) is 52.6 Å². The third kappa shape index (κ3) is 6.70. The molecule has 0 saturated carbocycles. The molecule has 1 aromatic rings. The molecule has 0 heterocycles. The van der Waals surface area contributed by atoms with E-state index in [1.165, 1.54) is 18.2 Å². The summed E-state index contributed by atoms with van der Waals surface area (Å²) < 4.78 is 23.5. The van der Waals surface area contributed by atoms with Crippen LogP contribution in [0.15, 0.2) is 24.3 Å². The Morgan fingerprint density at radius 1 is 1.05 bits per heavy atom. The van der Waals surface area contributed by atoms with Crippen LogP contribution in [0.4, 0.5) is 4.39 Å². The minimum absolute atomic E-state index is 0.0583. The molecule has 0 aliphatic rings. The highest BCUT2D eigenvalue weighted by Crippen LogP contribution is 2.16. The van der Waals surface area contributed by atoms with E-state index in [4.69, 9.17) is 9.47 Å².